The van der Waals surface area contributed by atoms with Gasteiger partial charge in [-0.15, -0.1) is 22.7 Å². The molecule has 0 bridgehead atoms. The molecule has 2 aromatic rings. The zero-order valence-electron chi connectivity index (χ0n) is 14.5. The quantitative estimate of drug-likeness (QED) is 0.324. The molecule has 0 aliphatic heterocycles. The third kappa shape index (κ3) is 6.36. The molecule has 0 atom stereocenters. The van der Waals surface area contributed by atoms with Crippen LogP contribution in [0.2, 0.25) is 0 Å². The Labute approximate surface area is 158 Å². The lowest BCUT2D eigenvalue weighted by atomic mass is 10.1. The monoisotopic (exact) mass is 412 g/mol. The molecule has 3 heteroatoms. The summed E-state index contributed by atoms with van der Waals surface area (Å²) in [6.45, 7) is 4.55. The third-order valence-electron chi connectivity index (χ3n) is 4.26. The standard InChI is InChI=1S/C20H29BrS2/c1-3-5-7-9-11-17-13-16(15-22-17)19-14-18(23-20(19)21)12-10-8-6-4-2/h13-15H,3-12H2,1-2H3. The third-order valence-corrected chi connectivity index (χ3v) is 7.15. The lowest BCUT2D eigenvalue weighted by Gasteiger charge is -1.97. The van der Waals surface area contributed by atoms with Gasteiger partial charge < -0.3 is 0 Å². The molecule has 2 aromatic heterocycles. The van der Waals surface area contributed by atoms with Crippen LogP contribution >= 0.6 is 38.6 Å². The van der Waals surface area contributed by atoms with Crippen LogP contribution in [0.1, 0.15) is 75.0 Å². The number of unbranched alkanes of at least 4 members (excludes halogenated alkanes) is 6. The van der Waals surface area contributed by atoms with Gasteiger partial charge in [-0.3, -0.25) is 0 Å². The molecule has 0 aliphatic rings. The Morgan fingerprint density at radius 2 is 1.48 bits per heavy atom. The Hall–Kier alpha value is -0.120. The van der Waals surface area contributed by atoms with Crippen molar-refractivity contribution in [1.82, 2.24) is 0 Å². The van der Waals surface area contributed by atoms with E-state index in [1.165, 1.54) is 84.0 Å². The fourth-order valence-corrected chi connectivity index (χ4v) is 5.68. The van der Waals surface area contributed by atoms with E-state index in [9.17, 15) is 0 Å². The molecule has 2 heterocycles. The Kier molecular flexibility index (Phi) is 8.92. The van der Waals surface area contributed by atoms with Gasteiger partial charge in [-0.2, -0.15) is 0 Å². The van der Waals surface area contributed by atoms with Crippen molar-refractivity contribution in [3.05, 3.63) is 31.1 Å². The van der Waals surface area contributed by atoms with E-state index in [1.54, 1.807) is 4.88 Å². The average molecular weight is 413 g/mol. The predicted octanol–water partition coefficient (Wildman–Crippen LogP) is 8.48. The number of hydrogen-bond acceptors (Lipinski definition) is 2. The number of hydrogen-bond donors (Lipinski definition) is 0. The lowest BCUT2D eigenvalue weighted by molar-refractivity contribution is 0.670. The first-order valence-electron chi connectivity index (χ1n) is 9.10. The summed E-state index contributed by atoms with van der Waals surface area (Å²) in [5.41, 5.74) is 2.81. The predicted molar refractivity (Wildman–Crippen MR) is 111 cm³/mol. The van der Waals surface area contributed by atoms with Crippen molar-refractivity contribution in [2.75, 3.05) is 0 Å². The first kappa shape index (κ1) is 19.2. The highest BCUT2D eigenvalue weighted by atomic mass is 79.9. The van der Waals surface area contributed by atoms with Gasteiger partial charge >= 0.3 is 0 Å². The van der Waals surface area contributed by atoms with Gasteiger partial charge in [-0.05, 0) is 64.7 Å². The van der Waals surface area contributed by atoms with Gasteiger partial charge in [-0.1, -0.05) is 52.4 Å². The number of halogens is 1. The van der Waals surface area contributed by atoms with Crippen LogP contribution in [-0.2, 0) is 12.8 Å². The van der Waals surface area contributed by atoms with E-state index in [1.807, 2.05) is 22.7 Å². The number of aryl methyl sites for hydroxylation is 2. The Morgan fingerprint density at radius 3 is 2.13 bits per heavy atom. The number of rotatable bonds is 11. The van der Waals surface area contributed by atoms with Crippen molar-refractivity contribution in [2.45, 2.75) is 78.1 Å². The molecule has 0 aromatic carbocycles. The van der Waals surface area contributed by atoms with E-state index in [2.05, 4.69) is 47.3 Å². The summed E-state index contributed by atoms with van der Waals surface area (Å²) in [6.07, 6.45) is 13.2. The van der Waals surface area contributed by atoms with Crippen molar-refractivity contribution in [3.8, 4) is 11.1 Å². The second-order valence-corrected chi connectivity index (χ2v) is 9.77. The summed E-state index contributed by atoms with van der Waals surface area (Å²) >= 11 is 7.63. The average Bonchev–Trinajstić information content (AvgIpc) is 3.15. The molecule has 0 saturated heterocycles. The topological polar surface area (TPSA) is 0 Å². The van der Waals surface area contributed by atoms with Crippen LogP contribution in [0.25, 0.3) is 11.1 Å². The van der Waals surface area contributed by atoms with Crippen LogP contribution < -0.4 is 0 Å². The molecule has 0 amide bonds. The molecule has 0 aliphatic carbocycles. The smallest absolute Gasteiger partial charge is 0.0779 e. The van der Waals surface area contributed by atoms with Gasteiger partial charge in [-0.25, -0.2) is 0 Å². The van der Waals surface area contributed by atoms with Crippen LogP contribution in [-0.4, -0.2) is 0 Å². The van der Waals surface area contributed by atoms with Crippen LogP contribution in [0.15, 0.2) is 21.3 Å². The maximum Gasteiger partial charge on any atom is 0.0779 e. The van der Waals surface area contributed by atoms with Crippen molar-refractivity contribution < 1.29 is 0 Å². The Balaban J connectivity index is 1.91. The molecule has 128 valence electrons. The Bertz CT molecular complexity index is 568. The molecule has 0 radical (unpaired) electrons. The van der Waals surface area contributed by atoms with Crippen LogP contribution in [0, 0.1) is 0 Å². The fraction of sp³-hybridized carbons (Fsp3) is 0.600. The van der Waals surface area contributed by atoms with Gasteiger partial charge in [0.05, 0.1) is 3.79 Å². The summed E-state index contributed by atoms with van der Waals surface area (Å²) in [5, 5.41) is 2.34. The van der Waals surface area contributed by atoms with E-state index in [0.717, 1.165) is 0 Å². The van der Waals surface area contributed by atoms with Crippen molar-refractivity contribution in [2.24, 2.45) is 0 Å². The second kappa shape index (κ2) is 10.7. The number of thiophene rings is 2. The Morgan fingerprint density at radius 1 is 0.826 bits per heavy atom. The largest absolute Gasteiger partial charge is 0.148 e. The zero-order chi connectivity index (χ0) is 16.5. The molecular weight excluding hydrogens is 384 g/mol. The minimum Gasteiger partial charge on any atom is -0.148 e. The molecule has 0 unspecified atom stereocenters. The highest BCUT2D eigenvalue weighted by Gasteiger charge is 2.11. The maximum absolute atomic E-state index is 3.78. The first-order valence-corrected chi connectivity index (χ1v) is 11.6. The molecule has 0 fully saturated rings. The van der Waals surface area contributed by atoms with Gasteiger partial charge in [0.15, 0.2) is 0 Å². The summed E-state index contributed by atoms with van der Waals surface area (Å²) in [5.74, 6) is 0. The molecule has 0 nitrogen and oxygen atoms in total. The summed E-state index contributed by atoms with van der Waals surface area (Å²) in [4.78, 5) is 3.07. The highest BCUT2D eigenvalue weighted by molar-refractivity contribution is 9.11. The summed E-state index contributed by atoms with van der Waals surface area (Å²) in [7, 11) is 0. The van der Waals surface area contributed by atoms with Gasteiger partial charge in [0.25, 0.3) is 0 Å². The van der Waals surface area contributed by atoms with E-state index in [0.29, 0.717) is 0 Å². The summed E-state index contributed by atoms with van der Waals surface area (Å²) < 4.78 is 1.30. The SMILES string of the molecule is CCCCCCc1cc(-c2cc(CCCCCC)sc2Br)cs1. The van der Waals surface area contributed by atoms with E-state index in [4.69, 9.17) is 0 Å². The van der Waals surface area contributed by atoms with Gasteiger partial charge in [0, 0.05) is 15.3 Å². The van der Waals surface area contributed by atoms with Crippen LogP contribution in [0.5, 0.6) is 0 Å². The lowest BCUT2D eigenvalue weighted by Crippen LogP contribution is -1.81. The normalized spacial score (nSPS) is 11.3. The zero-order valence-corrected chi connectivity index (χ0v) is 17.7. The molecule has 23 heavy (non-hydrogen) atoms. The minimum absolute atomic E-state index is 1.23. The van der Waals surface area contributed by atoms with Gasteiger partial charge in [0.2, 0.25) is 0 Å². The molecule has 0 spiro atoms. The van der Waals surface area contributed by atoms with Crippen molar-refractivity contribution >= 4 is 38.6 Å². The van der Waals surface area contributed by atoms with E-state index < -0.39 is 0 Å². The van der Waals surface area contributed by atoms with E-state index in [-0.39, 0.29) is 0 Å². The molecular formula is C20H29BrS2. The molecule has 2 rings (SSSR count). The first-order chi connectivity index (χ1) is 11.2. The maximum atomic E-state index is 3.78. The van der Waals surface area contributed by atoms with Crippen molar-refractivity contribution in [1.29, 1.82) is 0 Å². The summed E-state index contributed by atoms with van der Waals surface area (Å²) in [6, 6.07) is 4.81. The van der Waals surface area contributed by atoms with Crippen molar-refractivity contribution in [3.63, 3.8) is 0 Å². The fourth-order valence-electron chi connectivity index (χ4n) is 2.84. The minimum atomic E-state index is 1.23. The second-order valence-electron chi connectivity index (χ2n) is 6.32. The van der Waals surface area contributed by atoms with Gasteiger partial charge in [0.1, 0.15) is 0 Å². The highest BCUT2D eigenvalue weighted by Crippen LogP contribution is 2.38. The molecule has 0 saturated carbocycles. The molecule has 0 N–H and O–H groups in total. The van der Waals surface area contributed by atoms with E-state index >= 15 is 0 Å². The van der Waals surface area contributed by atoms with Crippen LogP contribution in [0.3, 0.4) is 0 Å². The van der Waals surface area contributed by atoms with Crippen LogP contribution in [0.4, 0.5) is 0 Å².